The molecule has 0 spiro atoms. The fraction of sp³-hybridized carbons (Fsp3) is 0.375. The van der Waals surface area contributed by atoms with Crippen molar-refractivity contribution >= 4 is 17.7 Å². The molecular weight excluding hydrogens is 314 g/mol. The topological polar surface area (TPSA) is 87.2 Å². The van der Waals surface area contributed by atoms with Crippen molar-refractivity contribution in [1.29, 1.82) is 0 Å². The third-order valence-electron chi connectivity index (χ3n) is 3.43. The number of H-pyrrole nitrogens is 1. The van der Waals surface area contributed by atoms with Crippen molar-refractivity contribution < 1.29 is 14.6 Å². The summed E-state index contributed by atoms with van der Waals surface area (Å²) in [5.41, 5.74) is 1.95. The molecule has 124 valence electrons. The second-order valence-electron chi connectivity index (χ2n) is 5.03. The maximum absolute atomic E-state index is 12.2. The van der Waals surface area contributed by atoms with Gasteiger partial charge in [0.15, 0.2) is 0 Å². The standard InChI is InChI=1S/C16H21N3O3S/c1-22-13-5-3-11(4-6-13)14-9-15(19-18-14)16(21)17-12(10-20)7-8-23-2/h3-6,9,12,20H,7-8,10H2,1-2H3,(H,17,21)(H,18,19). The molecule has 6 nitrogen and oxygen atoms in total. The number of aliphatic hydroxyl groups excluding tert-OH is 1. The SMILES string of the molecule is COc1ccc(-c2cc(C(=O)NC(CO)CCSC)[nH]n2)cc1. The lowest BCUT2D eigenvalue weighted by Gasteiger charge is -2.14. The number of carbonyl (C=O) groups is 1. The number of aromatic nitrogens is 2. The molecule has 0 aliphatic heterocycles. The zero-order chi connectivity index (χ0) is 16.7. The number of amides is 1. The molecule has 0 aliphatic carbocycles. The second-order valence-corrected chi connectivity index (χ2v) is 6.02. The van der Waals surface area contributed by atoms with Crippen molar-refractivity contribution in [2.75, 3.05) is 25.7 Å². The molecule has 0 fully saturated rings. The molecule has 7 heteroatoms. The minimum atomic E-state index is -0.266. The zero-order valence-electron chi connectivity index (χ0n) is 13.2. The molecule has 2 aromatic rings. The summed E-state index contributed by atoms with van der Waals surface area (Å²) in [4.78, 5) is 12.2. The average molecular weight is 335 g/mol. The largest absolute Gasteiger partial charge is 0.497 e. The van der Waals surface area contributed by atoms with Gasteiger partial charge in [-0.05, 0) is 48.8 Å². The normalized spacial score (nSPS) is 12.0. The average Bonchev–Trinajstić information content (AvgIpc) is 3.08. The van der Waals surface area contributed by atoms with Gasteiger partial charge >= 0.3 is 0 Å². The van der Waals surface area contributed by atoms with Crippen LogP contribution < -0.4 is 10.1 Å². The van der Waals surface area contributed by atoms with Crippen molar-refractivity contribution in [2.24, 2.45) is 0 Å². The fourth-order valence-corrected chi connectivity index (χ4v) is 2.60. The van der Waals surface area contributed by atoms with Gasteiger partial charge in [-0.2, -0.15) is 16.9 Å². The van der Waals surface area contributed by atoms with Crippen LogP contribution in [0.2, 0.25) is 0 Å². The van der Waals surface area contributed by atoms with Gasteiger partial charge in [-0.3, -0.25) is 9.89 Å². The van der Waals surface area contributed by atoms with E-state index >= 15 is 0 Å². The van der Waals surface area contributed by atoms with Crippen LogP contribution in [-0.4, -0.2) is 53.0 Å². The molecule has 1 unspecified atom stereocenters. The molecule has 0 saturated carbocycles. The van der Waals surface area contributed by atoms with E-state index in [1.165, 1.54) is 0 Å². The molecule has 23 heavy (non-hydrogen) atoms. The number of nitrogens with one attached hydrogen (secondary N) is 2. The van der Waals surface area contributed by atoms with E-state index in [0.717, 1.165) is 23.5 Å². The summed E-state index contributed by atoms with van der Waals surface area (Å²) in [5, 5.41) is 19.0. The lowest BCUT2D eigenvalue weighted by Crippen LogP contribution is -2.38. The first kappa shape index (κ1) is 17.4. The Balaban J connectivity index is 2.03. The van der Waals surface area contributed by atoms with Gasteiger partial charge in [0, 0.05) is 5.56 Å². The monoisotopic (exact) mass is 335 g/mol. The highest BCUT2D eigenvalue weighted by Gasteiger charge is 2.15. The maximum Gasteiger partial charge on any atom is 0.269 e. The van der Waals surface area contributed by atoms with E-state index in [9.17, 15) is 9.90 Å². The summed E-state index contributed by atoms with van der Waals surface area (Å²) < 4.78 is 5.12. The van der Waals surface area contributed by atoms with Crippen molar-refractivity contribution in [3.63, 3.8) is 0 Å². The molecule has 1 aromatic heterocycles. The number of aliphatic hydroxyl groups is 1. The highest BCUT2D eigenvalue weighted by atomic mass is 32.2. The minimum absolute atomic E-state index is 0.0776. The number of hydrogen-bond acceptors (Lipinski definition) is 5. The number of nitrogens with zero attached hydrogens (tertiary/aromatic N) is 1. The first-order valence-electron chi connectivity index (χ1n) is 7.28. The van der Waals surface area contributed by atoms with E-state index in [1.54, 1.807) is 24.9 Å². The third-order valence-corrected chi connectivity index (χ3v) is 4.08. The maximum atomic E-state index is 12.2. The van der Waals surface area contributed by atoms with E-state index in [1.807, 2.05) is 30.5 Å². The number of rotatable bonds is 8. The van der Waals surface area contributed by atoms with Crippen LogP contribution >= 0.6 is 11.8 Å². The van der Waals surface area contributed by atoms with E-state index in [0.29, 0.717) is 11.4 Å². The van der Waals surface area contributed by atoms with Gasteiger partial charge in [0.05, 0.1) is 25.5 Å². The Labute approximate surface area is 139 Å². The summed E-state index contributed by atoms with van der Waals surface area (Å²) in [6.07, 6.45) is 2.72. The molecule has 1 aromatic carbocycles. The number of benzene rings is 1. The molecule has 0 radical (unpaired) electrons. The summed E-state index contributed by atoms with van der Waals surface area (Å²) in [6, 6.07) is 8.89. The minimum Gasteiger partial charge on any atom is -0.497 e. The van der Waals surface area contributed by atoms with Crippen molar-refractivity contribution in [3.05, 3.63) is 36.0 Å². The molecule has 1 atom stereocenters. The number of carbonyl (C=O) groups excluding carboxylic acids is 1. The molecule has 3 N–H and O–H groups in total. The van der Waals surface area contributed by atoms with Gasteiger partial charge in [0.2, 0.25) is 0 Å². The highest BCUT2D eigenvalue weighted by Crippen LogP contribution is 2.21. The molecule has 0 saturated heterocycles. The number of ether oxygens (including phenoxy) is 1. The molecular formula is C16H21N3O3S. The van der Waals surface area contributed by atoms with Gasteiger partial charge in [0.1, 0.15) is 11.4 Å². The molecule has 0 aliphatic rings. The zero-order valence-corrected chi connectivity index (χ0v) is 14.0. The fourth-order valence-electron chi connectivity index (χ4n) is 2.08. The summed E-state index contributed by atoms with van der Waals surface area (Å²) >= 11 is 1.68. The van der Waals surface area contributed by atoms with Gasteiger partial charge in [-0.15, -0.1) is 0 Å². The lowest BCUT2D eigenvalue weighted by atomic mass is 10.1. The van der Waals surface area contributed by atoms with E-state index in [2.05, 4.69) is 15.5 Å². The van der Waals surface area contributed by atoms with Gasteiger partial charge in [-0.25, -0.2) is 0 Å². The predicted octanol–water partition coefficient (Wildman–Crippen LogP) is 1.93. The van der Waals surface area contributed by atoms with Crippen LogP contribution in [0.3, 0.4) is 0 Å². The van der Waals surface area contributed by atoms with Crippen molar-refractivity contribution in [1.82, 2.24) is 15.5 Å². The highest BCUT2D eigenvalue weighted by molar-refractivity contribution is 7.98. The number of thioether (sulfide) groups is 1. The summed E-state index contributed by atoms with van der Waals surface area (Å²) in [5.74, 6) is 1.38. The van der Waals surface area contributed by atoms with Crippen LogP contribution in [0.15, 0.2) is 30.3 Å². The molecule has 0 bridgehead atoms. The second kappa shape index (κ2) is 8.59. The number of hydrogen-bond donors (Lipinski definition) is 3. The Morgan fingerprint density at radius 2 is 2.17 bits per heavy atom. The molecule has 1 amide bonds. The van der Waals surface area contributed by atoms with E-state index in [4.69, 9.17) is 4.74 Å². The van der Waals surface area contributed by atoms with Crippen LogP contribution in [0.25, 0.3) is 11.3 Å². The number of methoxy groups -OCH3 is 1. The van der Waals surface area contributed by atoms with Crippen molar-refractivity contribution in [2.45, 2.75) is 12.5 Å². The Hall–Kier alpha value is -1.99. The summed E-state index contributed by atoms with van der Waals surface area (Å²) in [6.45, 7) is -0.0776. The molecule has 1 heterocycles. The Morgan fingerprint density at radius 1 is 1.43 bits per heavy atom. The third kappa shape index (κ3) is 4.74. The van der Waals surface area contributed by atoms with Crippen LogP contribution in [0.1, 0.15) is 16.9 Å². The lowest BCUT2D eigenvalue weighted by molar-refractivity contribution is 0.0910. The Bertz CT molecular complexity index is 628. The van der Waals surface area contributed by atoms with E-state index in [-0.39, 0.29) is 18.6 Å². The van der Waals surface area contributed by atoms with Crippen LogP contribution in [-0.2, 0) is 0 Å². The smallest absolute Gasteiger partial charge is 0.269 e. The van der Waals surface area contributed by atoms with Gasteiger partial charge in [-0.1, -0.05) is 0 Å². The van der Waals surface area contributed by atoms with Gasteiger partial charge < -0.3 is 15.2 Å². The first-order chi connectivity index (χ1) is 11.2. The summed E-state index contributed by atoms with van der Waals surface area (Å²) in [7, 11) is 1.61. The number of aromatic amines is 1. The molecule has 2 rings (SSSR count). The quantitative estimate of drug-likeness (QED) is 0.686. The van der Waals surface area contributed by atoms with Crippen molar-refractivity contribution in [3.8, 4) is 17.0 Å². The van der Waals surface area contributed by atoms with Crippen LogP contribution in [0, 0.1) is 0 Å². The Kier molecular flexibility index (Phi) is 6.49. The Morgan fingerprint density at radius 3 is 2.78 bits per heavy atom. The predicted molar refractivity (Wildman–Crippen MR) is 91.9 cm³/mol. The first-order valence-corrected chi connectivity index (χ1v) is 8.67. The van der Waals surface area contributed by atoms with Crippen LogP contribution in [0.5, 0.6) is 5.75 Å². The van der Waals surface area contributed by atoms with Gasteiger partial charge in [0.25, 0.3) is 5.91 Å². The van der Waals surface area contributed by atoms with E-state index < -0.39 is 0 Å². The van der Waals surface area contributed by atoms with Crippen LogP contribution in [0.4, 0.5) is 0 Å².